The molecule has 0 saturated carbocycles. The average molecular weight is 235 g/mol. The molecule has 0 unspecified atom stereocenters. The third-order valence-corrected chi connectivity index (χ3v) is 3.15. The summed E-state index contributed by atoms with van der Waals surface area (Å²) in [5, 5.41) is 12.0. The number of carbonyl (C=O) groups is 2. The summed E-state index contributed by atoms with van der Waals surface area (Å²) in [6.07, 6.45) is 0.0184. The van der Waals surface area contributed by atoms with Crippen molar-refractivity contribution in [3.8, 4) is 0 Å². The minimum Gasteiger partial charge on any atom is -0.392 e. The molecule has 0 aliphatic heterocycles. The van der Waals surface area contributed by atoms with E-state index in [0.29, 0.717) is 18.7 Å². The smallest absolute Gasteiger partial charge is 0.216 e. The van der Waals surface area contributed by atoms with Crippen LogP contribution in [0.25, 0.3) is 0 Å². The first-order valence-electron chi connectivity index (χ1n) is 5.08. The maximum Gasteiger partial charge on any atom is 0.216 e. The molecular weight excluding hydrogens is 216 g/mol. The van der Waals surface area contributed by atoms with Crippen molar-refractivity contribution in [3.05, 3.63) is 0 Å². The molecule has 4 nitrogen and oxygen atoms in total. The Morgan fingerprint density at radius 1 is 1.47 bits per heavy atom. The highest BCUT2D eigenvalue weighted by Gasteiger charge is 2.20. The van der Waals surface area contributed by atoms with Gasteiger partial charge in [0.1, 0.15) is 0 Å². The van der Waals surface area contributed by atoms with Crippen LogP contribution in [0.15, 0.2) is 0 Å². The van der Waals surface area contributed by atoms with E-state index >= 15 is 0 Å². The second-order valence-corrected chi connectivity index (χ2v) is 4.51. The maximum absolute atomic E-state index is 11.5. The van der Waals surface area contributed by atoms with E-state index in [9.17, 15) is 14.7 Å². The van der Waals surface area contributed by atoms with Gasteiger partial charge in [-0.05, 0) is 6.42 Å². The molecule has 1 amide bonds. The second-order valence-electron chi connectivity index (χ2n) is 3.41. The van der Waals surface area contributed by atoms with Gasteiger partial charge in [-0.15, -0.1) is 0 Å². The van der Waals surface area contributed by atoms with E-state index < -0.39 is 6.10 Å². The summed E-state index contributed by atoms with van der Waals surface area (Å²) in [5.41, 5.74) is 0. The summed E-state index contributed by atoms with van der Waals surface area (Å²) in [6.45, 7) is 5.49. The summed E-state index contributed by atoms with van der Waals surface area (Å²) in [5.74, 6) is 0.126. The molecule has 0 saturated heterocycles. The van der Waals surface area contributed by atoms with Crippen LogP contribution in [0.5, 0.6) is 0 Å². The Morgan fingerprint density at radius 2 is 2.07 bits per heavy atom. The number of hydrogen-bond donors (Lipinski definition) is 2. The van der Waals surface area contributed by atoms with Gasteiger partial charge in [-0.25, -0.2) is 0 Å². The van der Waals surface area contributed by atoms with Gasteiger partial charge in [0.25, 0.3) is 0 Å². The number of thioether (sulfide) groups is 1. The third-order valence-electron chi connectivity index (χ3n) is 2.09. The SMILES string of the molecule is CC[13C@@H](O)[13C@@H](C)C(=O)SCCNC(C)=O. The summed E-state index contributed by atoms with van der Waals surface area (Å²) in [4.78, 5) is 22.0. The number of rotatable bonds is 6. The lowest BCUT2D eigenvalue weighted by atomic mass is 10.5. The molecule has 0 heterocycles. The lowest BCUT2D eigenvalue weighted by Gasteiger charge is -2.15. The van der Waals surface area contributed by atoms with Crippen LogP contribution in [0.1, 0.15) is 27.2 Å². The number of nitrogens with one attached hydrogen (secondary N) is 1. The lowest BCUT2D eigenvalue weighted by molar-refractivity contribution is -0.119. The van der Waals surface area contributed by atoms with Crippen molar-refractivity contribution in [1.82, 2.24) is 5.32 Å². The Bertz CT molecular complexity index is 221. The molecule has 0 aromatic carbocycles. The average Bonchev–Trinajstić information content (AvgIpc) is 2.21. The van der Waals surface area contributed by atoms with Crippen molar-refractivity contribution in [2.24, 2.45) is 5.92 Å². The molecule has 0 aliphatic carbocycles. The van der Waals surface area contributed by atoms with Crippen LogP contribution in [0.4, 0.5) is 0 Å². The Morgan fingerprint density at radius 3 is 2.53 bits per heavy atom. The summed E-state index contributed by atoms with van der Waals surface area (Å²) >= 11 is 1.16. The maximum atomic E-state index is 11.5. The zero-order valence-corrected chi connectivity index (χ0v) is 10.3. The first-order valence-corrected chi connectivity index (χ1v) is 6.06. The minimum absolute atomic E-state index is 0.0188. The molecule has 0 aromatic rings. The van der Waals surface area contributed by atoms with Gasteiger partial charge in [-0.3, -0.25) is 9.59 Å². The van der Waals surface area contributed by atoms with Crippen LogP contribution >= 0.6 is 11.8 Å². The van der Waals surface area contributed by atoms with E-state index in [0.717, 1.165) is 11.8 Å². The van der Waals surface area contributed by atoms with Crippen LogP contribution in [-0.4, -0.2) is 34.5 Å². The zero-order valence-electron chi connectivity index (χ0n) is 9.45. The summed E-state index contributed by atoms with van der Waals surface area (Å²) in [7, 11) is 0. The van der Waals surface area contributed by atoms with Crippen LogP contribution in [0, 0.1) is 5.92 Å². The van der Waals surface area contributed by atoms with Crippen LogP contribution < -0.4 is 5.32 Å². The van der Waals surface area contributed by atoms with Crippen molar-refractivity contribution in [2.75, 3.05) is 12.3 Å². The van der Waals surface area contributed by atoms with Crippen molar-refractivity contribution in [1.29, 1.82) is 0 Å². The quantitative estimate of drug-likeness (QED) is 0.527. The van der Waals surface area contributed by atoms with Gasteiger partial charge >= 0.3 is 0 Å². The van der Waals surface area contributed by atoms with E-state index in [1.165, 1.54) is 6.92 Å². The topological polar surface area (TPSA) is 66.4 Å². The van der Waals surface area contributed by atoms with Gasteiger partial charge in [0, 0.05) is 19.2 Å². The highest BCUT2D eigenvalue weighted by Crippen LogP contribution is 2.15. The van der Waals surface area contributed by atoms with Crippen molar-refractivity contribution in [3.63, 3.8) is 0 Å². The fourth-order valence-electron chi connectivity index (χ4n) is 1.02. The minimum atomic E-state index is -0.564. The Kier molecular flexibility index (Phi) is 7.42. The van der Waals surface area contributed by atoms with Gasteiger partial charge in [-0.1, -0.05) is 25.6 Å². The molecule has 0 fully saturated rings. The summed E-state index contributed by atoms with van der Waals surface area (Å²) in [6, 6.07) is 0. The van der Waals surface area contributed by atoms with Crippen molar-refractivity contribution in [2.45, 2.75) is 33.3 Å². The van der Waals surface area contributed by atoms with Crippen molar-refractivity contribution >= 4 is 22.8 Å². The predicted molar refractivity (Wildman–Crippen MR) is 61.6 cm³/mol. The summed E-state index contributed by atoms with van der Waals surface area (Å²) < 4.78 is 0. The number of hydrogen-bond acceptors (Lipinski definition) is 4. The molecule has 2 atom stereocenters. The molecule has 5 heteroatoms. The van der Waals surface area contributed by atoms with Crippen LogP contribution in [0.2, 0.25) is 0 Å². The van der Waals surface area contributed by atoms with E-state index in [1.54, 1.807) is 6.92 Å². The monoisotopic (exact) mass is 235 g/mol. The molecule has 0 radical (unpaired) electrons. The molecule has 0 aliphatic rings. The lowest BCUT2D eigenvalue weighted by Crippen LogP contribution is -2.26. The fraction of sp³-hybridized carbons (Fsp3) is 0.800. The standard InChI is InChI=1S/C10H19NO3S/c1-4-9(13)7(2)10(14)15-6-5-11-8(3)12/h7,9,13H,4-6H2,1-3H3,(H,11,12)/t7-,9-/m1/s1/i7+1,9+1. The highest BCUT2D eigenvalue weighted by atomic mass is 32.2. The van der Waals surface area contributed by atoms with E-state index in [4.69, 9.17) is 0 Å². The fourth-order valence-corrected chi connectivity index (χ4v) is 1.85. The molecular formula is C10H19NO3S. The van der Waals surface area contributed by atoms with Gasteiger partial charge in [0.05, 0.1) is 12.0 Å². The van der Waals surface area contributed by atoms with E-state index in [-0.39, 0.29) is 16.9 Å². The normalized spacial score (nSPS) is 14.4. The van der Waals surface area contributed by atoms with Gasteiger partial charge in [0.2, 0.25) is 5.91 Å². The second kappa shape index (κ2) is 7.70. The number of aliphatic hydroxyl groups excluding tert-OH is 1. The molecule has 88 valence electrons. The first kappa shape index (κ1) is 14.5. The van der Waals surface area contributed by atoms with Gasteiger partial charge < -0.3 is 10.4 Å². The Labute approximate surface area is 94.8 Å². The number of aliphatic hydroxyl groups is 1. The van der Waals surface area contributed by atoms with Crippen LogP contribution in [-0.2, 0) is 9.59 Å². The van der Waals surface area contributed by atoms with E-state index in [2.05, 4.69) is 5.32 Å². The molecule has 15 heavy (non-hydrogen) atoms. The molecule has 0 rings (SSSR count). The van der Waals surface area contributed by atoms with Gasteiger partial charge in [0.15, 0.2) is 5.12 Å². The predicted octanol–water partition coefficient (Wildman–Crippen LogP) is 0.789. The number of carbonyl (C=O) groups excluding carboxylic acids is 2. The largest absolute Gasteiger partial charge is 0.392 e. The molecule has 0 bridgehead atoms. The molecule has 2 N–H and O–H groups in total. The van der Waals surface area contributed by atoms with E-state index in [1.807, 2.05) is 6.92 Å². The molecule has 0 spiro atoms. The third kappa shape index (κ3) is 6.52. The van der Waals surface area contributed by atoms with Crippen LogP contribution in [0.3, 0.4) is 0 Å². The van der Waals surface area contributed by atoms with Crippen molar-refractivity contribution < 1.29 is 14.7 Å². The Hall–Kier alpha value is -0.550. The first-order chi connectivity index (χ1) is 6.99. The molecule has 0 aromatic heterocycles. The Balaban J connectivity index is 3.69. The van der Waals surface area contributed by atoms with Gasteiger partial charge in [-0.2, -0.15) is 0 Å². The highest BCUT2D eigenvalue weighted by molar-refractivity contribution is 8.13. The zero-order chi connectivity index (χ0) is 11.8. The number of amides is 1.